The molecule has 0 radical (unpaired) electrons. The van der Waals surface area contributed by atoms with E-state index in [1.807, 2.05) is 24.3 Å². The topological polar surface area (TPSA) is 90.7 Å². The van der Waals surface area contributed by atoms with Gasteiger partial charge in [-0.2, -0.15) is 0 Å². The van der Waals surface area contributed by atoms with E-state index in [1.165, 1.54) is 0 Å². The molecule has 2 amide bonds. The van der Waals surface area contributed by atoms with Crippen molar-refractivity contribution < 1.29 is 14.1 Å². The standard InChI is InChI=1S/C18H22ClN5O3/c1-13-12-16(22-27-13)21-18(26)17(25)20-6-7-23-8-10-24(11-9-23)15-4-2-14(19)3-5-15/h2-5,12H,6-11H2,1H3,(H,20,25)(H,21,22,26). The van der Waals surface area contributed by atoms with Crippen LogP contribution in [0, 0.1) is 6.92 Å². The lowest BCUT2D eigenvalue weighted by Crippen LogP contribution is -2.49. The second-order valence-corrected chi connectivity index (χ2v) is 6.77. The number of hydrogen-bond donors (Lipinski definition) is 2. The number of nitrogens with zero attached hydrogens (tertiary/aromatic N) is 3. The number of rotatable bonds is 5. The van der Waals surface area contributed by atoms with Crippen molar-refractivity contribution in [3.05, 3.63) is 41.1 Å². The number of benzene rings is 1. The van der Waals surface area contributed by atoms with Crippen LogP contribution in [0.4, 0.5) is 11.5 Å². The van der Waals surface area contributed by atoms with E-state index >= 15 is 0 Å². The van der Waals surface area contributed by atoms with Crippen molar-refractivity contribution in [2.75, 3.05) is 49.5 Å². The minimum atomic E-state index is -0.754. The lowest BCUT2D eigenvalue weighted by Gasteiger charge is -2.36. The molecule has 0 saturated carbocycles. The Balaban J connectivity index is 1.35. The maximum atomic E-state index is 11.8. The first-order valence-electron chi connectivity index (χ1n) is 8.76. The highest BCUT2D eigenvalue weighted by Crippen LogP contribution is 2.19. The highest BCUT2D eigenvalue weighted by Gasteiger charge is 2.18. The lowest BCUT2D eigenvalue weighted by atomic mass is 10.2. The molecule has 3 rings (SSSR count). The quantitative estimate of drug-likeness (QED) is 0.751. The van der Waals surface area contributed by atoms with Crippen LogP contribution in [0.15, 0.2) is 34.9 Å². The van der Waals surface area contributed by atoms with Gasteiger partial charge in [-0.3, -0.25) is 19.8 Å². The molecule has 1 fully saturated rings. The molecule has 27 heavy (non-hydrogen) atoms. The zero-order valence-corrected chi connectivity index (χ0v) is 15.8. The van der Waals surface area contributed by atoms with Crippen LogP contribution in [0.1, 0.15) is 5.76 Å². The van der Waals surface area contributed by atoms with Crippen LogP contribution in [0.3, 0.4) is 0 Å². The fourth-order valence-corrected chi connectivity index (χ4v) is 3.01. The number of halogens is 1. The number of nitrogens with one attached hydrogen (secondary N) is 2. The first kappa shape index (κ1) is 19.2. The van der Waals surface area contributed by atoms with E-state index in [4.69, 9.17) is 16.1 Å². The van der Waals surface area contributed by atoms with E-state index in [0.29, 0.717) is 18.8 Å². The zero-order valence-electron chi connectivity index (χ0n) is 15.1. The van der Waals surface area contributed by atoms with Gasteiger partial charge in [0.15, 0.2) is 5.82 Å². The van der Waals surface area contributed by atoms with Crippen LogP contribution in [0.2, 0.25) is 5.02 Å². The van der Waals surface area contributed by atoms with Gasteiger partial charge in [0, 0.05) is 56.0 Å². The van der Waals surface area contributed by atoms with E-state index in [9.17, 15) is 9.59 Å². The summed E-state index contributed by atoms with van der Waals surface area (Å²) < 4.78 is 4.84. The van der Waals surface area contributed by atoms with Gasteiger partial charge in [-0.1, -0.05) is 16.8 Å². The molecule has 1 aliphatic heterocycles. The van der Waals surface area contributed by atoms with Crippen molar-refractivity contribution in [3.63, 3.8) is 0 Å². The molecule has 9 heteroatoms. The van der Waals surface area contributed by atoms with Crippen LogP contribution in [0.25, 0.3) is 0 Å². The summed E-state index contributed by atoms with van der Waals surface area (Å²) in [5.74, 6) is -0.652. The van der Waals surface area contributed by atoms with E-state index in [2.05, 4.69) is 25.6 Å². The highest BCUT2D eigenvalue weighted by atomic mass is 35.5. The molecule has 1 aliphatic rings. The average molecular weight is 392 g/mol. The van der Waals surface area contributed by atoms with Crippen molar-refractivity contribution in [1.29, 1.82) is 0 Å². The van der Waals surface area contributed by atoms with Crippen LogP contribution >= 0.6 is 11.6 Å². The van der Waals surface area contributed by atoms with Gasteiger partial charge in [-0.05, 0) is 31.2 Å². The summed E-state index contributed by atoms with van der Waals surface area (Å²) >= 11 is 5.93. The van der Waals surface area contributed by atoms with Crippen molar-refractivity contribution in [3.8, 4) is 0 Å². The first-order chi connectivity index (χ1) is 13.0. The number of piperazine rings is 1. The van der Waals surface area contributed by atoms with Gasteiger partial charge in [0.1, 0.15) is 5.76 Å². The second-order valence-electron chi connectivity index (χ2n) is 6.34. The van der Waals surface area contributed by atoms with E-state index < -0.39 is 11.8 Å². The maximum Gasteiger partial charge on any atom is 0.314 e. The summed E-state index contributed by atoms with van der Waals surface area (Å²) in [6.45, 7) is 6.39. The molecule has 0 spiro atoms. The number of aryl methyl sites for hydroxylation is 1. The number of anilines is 2. The molecule has 1 aromatic carbocycles. The van der Waals surface area contributed by atoms with E-state index in [1.54, 1.807) is 13.0 Å². The maximum absolute atomic E-state index is 11.8. The fourth-order valence-electron chi connectivity index (χ4n) is 2.89. The Kier molecular flexibility index (Phi) is 6.31. The number of aromatic nitrogens is 1. The second kappa shape index (κ2) is 8.88. The fraction of sp³-hybridized carbons (Fsp3) is 0.389. The van der Waals surface area contributed by atoms with Crippen LogP contribution < -0.4 is 15.5 Å². The third-order valence-corrected chi connectivity index (χ3v) is 4.61. The number of hydrogen-bond acceptors (Lipinski definition) is 6. The van der Waals surface area contributed by atoms with Crippen molar-refractivity contribution in [2.45, 2.75) is 6.92 Å². The van der Waals surface area contributed by atoms with Crippen LogP contribution in [-0.2, 0) is 9.59 Å². The van der Waals surface area contributed by atoms with Crippen molar-refractivity contribution in [2.24, 2.45) is 0 Å². The minimum absolute atomic E-state index is 0.228. The molecule has 2 aromatic rings. The van der Waals surface area contributed by atoms with Crippen molar-refractivity contribution in [1.82, 2.24) is 15.4 Å². The normalized spacial score (nSPS) is 14.8. The molecule has 8 nitrogen and oxygen atoms in total. The van der Waals surface area contributed by atoms with Crippen LogP contribution in [0.5, 0.6) is 0 Å². The van der Waals surface area contributed by atoms with Crippen LogP contribution in [-0.4, -0.2) is 61.1 Å². The van der Waals surface area contributed by atoms with Gasteiger partial charge < -0.3 is 14.7 Å². The summed E-state index contributed by atoms with van der Waals surface area (Å²) in [6.07, 6.45) is 0. The minimum Gasteiger partial charge on any atom is -0.369 e. The van der Waals surface area contributed by atoms with Gasteiger partial charge in [0.25, 0.3) is 0 Å². The summed E-state index contributed by atoms with van der Waals surface area (Å²) in [7, 11) is 0. The Morgan fingerprint density at radius 1 is 1.15 bits per heavy atom. The third-order valence-electron chi connectivity index (χ3n) is 4.35. The van der Waals surface area contributed by atoms with Gasteiger partial charge >= 0.3 is 11.8 Å². The van der Waals surface area contributed by atoms with Gasteiger partial charge in [0.2, 0.25) is 0 Å². The predicted octanol–water partition coefficient (Wildman–Crippen LogP) is 1.51. The summed E-state index contributed by atoms with van der Waals surface area (Å²) in [4.78, 5) is 28.2. The predicted molar refractivity (Wildman–Crippen MR) is 103 cm³/mol. The lowest BCUT2D eigenvalue weighted by molar-refractivity contribution is -0.136. The SMILES string of the molecule is Cc1cc(NC(=O)C(=O)NCCN2CCN(c3ccc(Cl)cc3)CC2)no1. The Hall–Kier alpha value is -2.58. The third kappa shape index (κ3) is 5.45. The molecule has 2 N–H and O–H groups in total. The molecule has 144 valence electrons. The largest absolute Gasteiger partial charge is 0.369 e. The first-order valence-corrected chi connectivity index (χ1v) is 9.14. The molecular formula is C18H22ClN5O3. The molecule has 0 aliphatic carbocycles. The molecular weight excluding hydrogens is 370 g/mol. The highest BCUT2D eigenvalue weighted by molar-refractivity contribution is 6.39. The van der Waals surface area contributed by atoms with E-state index in [-0.39, 0.29) is 5.82 Å². The zero-order chi connectivity index (χ0) is 19.2. The number of carbonyl (C=O) groups excluding carboxylic acids is 2. The Labute approximate surface area is 162 Å². The monoisotopic (exact) mass is 391 g/mol. The molecule has 1 aromatic heterocycles. The Bertz CT molecular complexity index is 785. The summed E-state index contributed by atoms with van der Waals surface area (Å²) in [5, 5.41) is 9.37. The number of carbonyl (C=O) groups is 2. The molecule has 0 atom stereocenters. The van der Waals surface area contributed by atoms with Crippen molar-refractivity contribution >= 4 is 34.9 Å². The van der Waals surface area contributed by atoms with Gasteiger partial charge in [-0.15, -0.1) is 0 Å². The molecule has 1 saturated heterocycles. The molecule has 0 bridgehead atoms. The molecule has 0 unspecified atom stereocenters. The number of amides is 2. The smallest absolute Gasteiger partial charge is 0.314 e. The Morgan fingerprint density at radius 2 is 1.85 bits per heavy atom. The Morgan fingerprint density at radius 3 is 2.48 bits per heavy atom. The van der Waals surface area contributed by atoms with E-state index in [0.717, 1.165) is 36.9 Å². The summed E-state index contributed by atoms with van der Waals surface area (Å²) in [5.41, 5.74) is 1.16. The van der Waals surface area contributed by atoms with Gasteiger partial charge in [0.05, 0.1) is 0 Å². The average Bonchev–Trinajstić information content (AvgIpc) is 3.07. The summed E-state index contributed by atoms with van der Waals surface area (Å²) in [6, 6.07) is 9.38. The molecule has 2 heterocycles. The van der Waals surface area contributed by atoms with Gasteiger partial charge in [-0.25, -0.2) is 0 Å².